The van der Waals surface area contributed by atoms with E-state index in [0.29, 0.717) is 24.7 Å². The average Bonchev–Trinajstić information content (AvgIpc) is 2.99. The summed E-state index contributed by atoms with van der Waals surface area (Å²) in [4.78, 5) is 18.8. The van der Waals surface area contributed by atoms with Crippen molar-refractivity contribution in [2.24, 2.45) is 0 Å². The number of ether oxygens (including phenoxy) is 1. The molecule has 6 nitrogen and oxygen atoms in total. The van der Waals surface area contributed by atoms with E-state index in [9.17, 15) is 4.79 Å². The number of likely N-dealkylation sites (tertiary alicyclic amines) is 1. The molecule has 1 fully saturated rings. The van der Waals surface area contributed by atoms with Crippen molar-refractivity contribution in [1.82, 2.24) is 15.0 Å². The Labute approximate surface area is 148 Å². The molecule has 0 saturated carbocycles. The summed E-state index contributed by atoms with van der Waals surface area (Å²) in [7, 11) is 0. The molecule has 0 atom stereocenters. The number of carbonyl (C=O) groups excluding carboxylic acids is 1. The lowest BCUT2D eigenvalue weighted by Gasteiger charge is -2.32. The maximum atomic E-state index is 12.7. The lowest BCUT2D eigenvalue weighted by Crippen LogP contribution is -2.41. The number of aryl methyl sites for hydroxylation is 3. The number of hydrogen-bond donors (Lipinski definition) is 0. The molecule has 1 saturated heterocycles. The van der Waals surface area contributed by atoms with Crippen molar-refractivity contribution in [3.05, 3.63) is 46.6 Å². The van der Waals surface area contributed by atoms with Gasteiger partial charge in [0, 0.05) is 32.0 Å². The Kier molecular flexibility index (Phi) is 5.48. The molecule has 25 heavy (non-hydrogen) atoms. The number of nitrogens with zero attached hydrogens (tertiary/aromatic N) is 3. The van der Waals surface area contributed by atoms with Gasteiger partial charge < -0.3 is 14.2 Å². The summed E-state index contributed by atoms with van der Waals surface area (Å²) < 4.78 is 10.9. The van der Waals surface area contributed by atoms with E-state index in [-0.39, 0.29) is 12.0 Å². The Balaban J connectivity index is 1.45. The lowest BCUT2D eigenvalue weighted by molar-refractivity contribution is 0.00947. The molecule has 6 heteroatoms. The summed E-state index contributed by atoms with van der Waals surface area (Å²) in [6, 6.07) is 6.01. The Morgan fingerprint density at radius 3 is 2.48 bits per heavy atom. The molecule has 1 amide bonds. The van der Waals surface area contributed by atoms with Crippen molar-refractivity contribution >= 4 is 5.91 Å². The molecule has 1 aromatic heterocycles. The highest BCUT2D eigenvalue weighted by Crippen LogP contribution is 2.18. The van der Waals surface area contributed by atoms with Gasteiger partial charge in [-0.3, -0.25) is 4.79 Å². The molecule has 0 aliphatic carbocycles. The van der Waals surface area contributed by atoms with Crippen molar-refractivity contribution in [3.8, 4) is 0 Å². The van der Waals surface area contributed by atoms with Gasteiger partial charge in [0.25, 0.3) is 5.91 Å². The van der Waals surface area contributed by atoms with Gasteiger partial charge in [0.15, 0.2) is 5.82 Å². The Morgan fingerprint density at radius 1 is 1.20 bits per heavy atom. The van der Waals surface area contributed by atoms with Crippen molar-refractivity contribution in [3.63, 3.8) is 0 Å². The average molecular weight is 343 g/mol. The SMILES string of the molecule is Cc1cc(C)cc(C(=O)N2CCC(OCCc3noc(C)n3)CC2)c1. The number of hydrogen-bond acceptors (Lipinski definition) is 5. The molecule has 2 aromatic rings. The first-order valence-corrected chi connectivity index (χ1v) is 8.79. The molecule has 0 bridgehead atoms. The van der Waals surface area contributed by atoms with Crippen LogP contribution in [0.4, 0.5) is 0 Å². The number of amides is 1. The number of aromatic nitrogens is 2. The van der Waals surface area contributed by atoms with Crippen LogP contribution in [-0.4, -0.2) is 46.7 Å². The Hall–Kier alpha value is -2.21. The van der Waals surface area contributed by atoms with Crippen LogP contribution in [0.15, 0.2) is 22.7 Å². The van der Waals surface area contributed by atoms with Gasteiger partial charge >= 0.3 is 0 Å². The van der Waals surface area contributed by atoms with E-state index >= 15 is 0 Å². The highest BCUT2D eigenvalue weighted by atomic mass is 16.5. The van der Waals surface area contributed by atoms with Crippen LogP contribution in [-0.2, 0) is 11.2 Å². The summed E-state index contributed by atoms with van der Waals surface area (Å²) in [6.45, 7) is 7.87. The van der Waals surface area contributed by atoms with Crippen molar-refractivity contribution in [1.29, 1.82) is 0 Å². The summed E-state index contributed by atoms with van der Waals surface area (Å²) in [6.07, 6.45) is 2.57. The van der Waals surface area contributed by atoms with E-state index in [4.69, 9.17) is 9.26 Å². The number of rotatable bonds is 5. The maximum Gasteiger partial charge on any atom is 0.253 e. The van der Waals surface area contributed by atoms with Crippen LogP contribution in [0.1, 0.15) is 46.0 Å². The second kappa shape index (κ2) is 7.78. The molecule has 1 aliphatic heterocycles. The van der Waals surface area contributed by atoms with Crippen LogP contribution < -0.4 is 0 Å². The highest BCUT2D eigenvalue weighted by molar-refractivity contribution is 5.94. The minimum Gasteiger partial charge on any atom is -0.378 e. The van der Waals surface area contributed by atoms with E-state index in [1.807, 2.05) is 30.9 Å². The van der Waals surface area contributed by atoms with Gasteiger partial charge in [0.1, 0.15) is 0 Å². The smallest absolute Gasteiger partial charge is 0.253 e. The van der Waals surface area contributed by atoms with Gasteiger partial charge in [-0.1, -0.05) is 22.3 Å². The fourth-order valence-electron chi connectivity index (χ4n) is 3.27. The van der Waals surface area contributed by atoms with Gasteiger partial charge in [-0.05, 0) is 38.8 Å². The monoisotopic (exact) mass is 343 g/mol. The molecule has 3 rings (SSSR count). The largest absolute Gasteiger partial charge is 0.378 e. The van der Waals surface area contributed by atoms with Gasteiger partial charge in [-0.2, -0.15) is 4.98 Å². The third-order valence-electron chi connectivity index (χ3n) is 4.45. The Morgan fingerprint density at radius 2 is 1.88 bits per heavy atom. The molecule has 0 N–H and O–H groups in total. The maximum absolute atomic E-state index is 12.7. The van der Waals surface area contributed by atoms with E-state index in [0.717, 1.165) is 42.6 Å². The second-order valence-corrected chi connectivity index (χ2v) is 6.72. The van der Waals surface area contributed by atoms with E-state index in [1.165, 1.54) is 0 Å². The summed E-state index contributed by atoms with van der Waals surface area (Å²) in [5.74, 6) is 1.38. The molecule has 0 spiro atoms. The first-order valence-electron chi connectivity index (χ1n) is 8.79. The number of carbonyl (C=O) groups is 1. The molecule has 2 heterocycles. The first-order chi connectivity index (χ1) is 12.0. The predicted molar refractivity (Wildman–Crippen MR) is 93.5 cm³/mol. The third-order valence-corrected chi connectivity index (χ3v) is 4.45. The van der Waals surface area contributed by atoms with Crippen LogP contribution >= 0.6 is 0 Å². The van der Waals surface area contributed by atoms with E-state index < -0.39 is 0 Å². The summed E-state index contributed by atoms with van der Waals surface area (Å²) >= 11 is 0. The van der Waals surface area contributed by atoms with Gasteiger partial charge in [-0.15, -0.1) is 0 Å². The minimum absolute atomic E-state index is 0.118. The predicted octanol–water partition coefficient (Wildman–Crippen LogP) is 2.86. The van der Waals surface area contributed by atoms with Gasteiger partial charge in [0.2, 0.25) is 5.89 Å². The fourth-order valence-corrected chi connectivity index (χ4v) is 3.27. The zero-order chi connectivity index (χ0) is 17.8. The van der Waals surface area contributed by atoms with Crippen LogP contribution in [0.2, 0.25) is 0 Å². The molecule has 1 aromatic carbocycles. The molecule has 1 aliphatic rings. The van der Waals surface area contributed by atoms with Crippen LogP contribution in [0.3, 0.4) is 0 Å². The molecule has 0 unspecified atom stereocenters. The lowest BCUT2D eigenvalue weighted by atomic mass is 10.0. The third kappa shape index (κ3) is 4.66. The summed E-state index contributed by atoms with van der Waals surface area (Å²) in [5.41, 5.74) is 3.03. The van der Waals surface area contributed by atoms with Gasteiger partial charge in [-0.25, -0.2) is 0 Å². The van der Waals surface area contributed by atoms with E-state index in [2.05, 4.69) is 16.2 Å². The molecular formula is C19H25N3O3. The highest BCUT2D eigenvalue weighted by Gasteiger charge is 2.24. The van der Waals surface area contributed by atoms with Crippen LogP contribution in [0.5, 0.6) is 0 Å². The summed E-state index contributed by atoms with van der Waals surface area (Å²) in [5, 5.41) is 3.86. The quantitative estimate of drug-likeness (QED) is 0.835. The van der Waals surface area contributed by atoms with Crippen molar-refractivity contribution in [2.45, 2.75) is 46.1 Å². The number of benzene rings is 1. The number of piperidine rings is 1. The van der Waals surface area contributed by atoms with E-state index in [1.54, 1.807) is 6.92 Å². The second-order valence-electron chi connectivity index (χ2n) is 6.72. The van der Waals surface area contributed by atoms with Crippen molar-refractivity contribution in [2.75, 3.05) is 19.7 Å². The molecule has 134 valence electrons. The van der Waals surface area contributed by atoms with Gasteiger partial charge in [0.05, 0.1) is 12.7 Å². The van der Waals surface area contributed by atoms with Crippen LogP contribution in [0, 0.1) is 20.8 Å². The zero-order valence-electron chi connectivity index (χ0n) is 15.1. The zero-order valence-corrected chi connectivity index (χ0v) is 15.1. The molecule has 0 radical (unpaired) electrons. The van der Waals surface area contributed by atoms with Crippen molar-refractivity contribution < 1.29 is 14.1 Å². The normalized spacial score (nSPS) is 15.6. The first kappa shape index (κ1) is 17.6. The standard InChI is InChI=1S/C19H25N3O3/c1-13-10-14(2)12-16(11-13)19(23)22-7-4-17(5-8-22)24-9-6-18-20-15(3)25-21-18/h10-12,17H,4-9H2,1-3H3. The Bertz CT molecular complexity index is 713. The minimum atomic E-state index is 0.118. The molecular weight excluding hydrogens is 318 g/mol. The van der Waals surface area contributed by atoms with Crippen LogP contribution in [0.25, 0.3) is 0 Å². The topological polar surface area (TPSA) is 68.5 Å². The fraction of sp³-hybridized carbons (Fsp3) is 0.526.